The minimum Gasteiger partial charge on any atom is -0.299 e. The van der Waals surface area contributed by atoms with E-state index in [9.17, 15) is 8.42 Å². The summed E-state index contributed by atoms with van der Waals surface area (Å²) >= 11 is 5.54. The quantitative estimate of drug-likeness (QED) is 0.818. The summed E-state index contributed by atoms with van der Waals surface area (Å²) in [6.45, 7) is 4.47. The van der Waals surface area contributed by atoms with Gasteiger partial charge in [0.2, 0.25) is 15.3 Å². The minimum atomic E-state index is -3.56. The van der Waals surface area contributed by atoms with Gasteiger partial charge in [-0.05, 0) is 37.5 Å². The Hall–Kier alpha value is -0.760. The SMILES string of the molecule is CCN1CCCC1CNS(=O)(=O)c1cnc(Cl)nc1. The third-order valence-corrected chi connectivity index (χ3v) is 4.89. The van der Waals surface area contributed by atoms with E-state index < -0.39 is 10.0 Å². The first-order valence-corrected chi connectivity index (χ1v) is 8.10. The molecule has 1 N–H and O–H groups in total. The van der Waals surface area contributed by atoms with Crippen LogP contribution in [0.1, 0.15) is 19.8 Å². The second kappa shape index (κ2) is 6.13. The number of hydrogen-bond acceptors (Lipinski definition) is 5. The highest BCUT2D eigenvalue weighted by Crippen LogP contribution is 2.16. The molecule has 0 aliphatic carbocycles. The molecule has 1 atom stereocenters. The highest BCUT2D eigenvalue weighted by molar-refractivity contribution is 7.89. The average molecular weight is 305 g/mol. The highest BCUT2D eigenvalue weighted by Gasteiger charge is 2.25. The van der Waals surface area contributed by atoms with E-state index in [1.165, 1.54) is 12.4 Å². The van der Waals surface area contributed by atoms with Crippen molar-refractivity contribution in [1.29, 1.82) is 0 Å². The summed E-state index contributed by atoms with van der Waals surface area (Å²) in [5.41, 5.74) is 0. The number of likely N-dealkylation sites (N-methyl/N-ethyl adjacent to an activating group) is 1. The van der Waals surface area contributed by atoms with Gasteiger partial charge in [0.05, 0.1) is 12.4 Å². The third kappa shape index (κ3) is 3.62. The summed E-state index contributed by atoms with van der Waals surface area (Å²) in [5.74, 6) is 0. The van der Waals surface area contributed by atoms with Gasteiger partial charge in [-0.2, -0.15) is 0 Å². The van der Waals surface area contributed by atoms with E-state index in [2.05, 4.69) is 26.5 Å². The maximum Gasteiger partial charge on any atom is 0.243 e. The van der Waals surface area contributed by atoms with E-state index in [-0.39, 0.29) is 16.2 Å². The lowest BCUT2D eigenvalue weighted by Gasteiger charge is -2.22. The number of halogens is 1. The van der Waals surface area contributed by atoms with Gasteiger partial charge in [0.15, 0.2) is 0 Å². The van der Waals surface area contributed by atoms with Gasteiger partial charge in [-0.25, -0.2) is 23.1 Å². The Balaban J connectivity index is 2.00. The Kier molecular flexibility index (Phi) is 4.72. The Labute approximate surface area is 118 Å². The van der Waals surface area contributed by atoms with Gasteiger partial charge in [0.25, 0.3) is 0 Å². The molecule has 0 bridgehead atoms. The van der Waals surface area contributed by atoms with Crippen LogP contribution in [0.3, 0.4) is 0 Å². The van der Waals surface area contributed by atoms with E-state index in [0.717, 1.165) is 25.9 Å². The molecule has 19 heavy (non-hydrogen) atoms. The zero-order chi connectivity index (χ0) is 13.9. The molecule has 0 radical (unpaired) electrons. The van der Waals surface area contributed by atoms with Crippen LogP contribution in [-0.2, 0) is 10.0 Å². The standard InChI is InChI=1S/C11H17ClN4O2S/c1-2-16-5-3-4-9(16)6-15-19(17,18)10-7-13-11(12)14-8-10/h7-9,15H,2-6H2,1H3. The van der Waals surface area contributed by atoms with Gasteiger partial charge in [-0.3, -0.25) is 4.90 Å². The summed E-state index contributed by atoms with van der Waals surface area (Å²) in [5, 5.41) is 0.0342. The maximum atomic E-state index is 12.0. The van der Waals surface area contributed by atoms with Crippen molar-refractivity contribution in [3.8, 4) is 0 Å². The van der Waals surface area contributed by atoms with Crippen molar-refractivity contribution in [3.63, 3.8) is 0 Å². The molecule has 1 aliphatic rings. The largest absolute Gasteiger partial charge is 0.299 e. The van der Waals surface area contributed by atoms with E-state index >= 15 is 0 Å². The first kappa shape index (κ1) is 14.6. The van der Waals surface area contributed by atoms with Crippen LogP contribution >= 0.6 is 11.6 Å². The number of likely N-dealkylation sites (tertiary alicyclic amines) is 1. The molecule has 1 unspecified atom stereocenters. The first-order valence-electron chi connectivity index (χ1n) is 6.24. The highest BCUT2D eigenvalue weighted by atomic mass is 35.5. The van der Waals surface area contributed by atoms with Crippen LogP contribution < -0.4 is 4.72 Å². The predicted octanol–water partition coefficient (Wildman–Crippen LogP) is 0.893. The molecule has 6 nitrogen and oxygen atoms in total. The Morgan fingerprint density at radius 2 is 2.16 bits per heavy atom. The fourth-order valence-electron chi connectivity index (χ4n) is 2.27. The number of nitrogens with zero attached hydrogens (tertiary/aromatic N) is 3. The van der Waals surface area contributed by atoms with Crippen molar-refractivity contribution in [3.05, 3.63) is 17.7 Å². The zero-order valence-electron chi connectivity index (χ0n) is 10.7. The lowest BCUT2D eigenvalue weighted by atomic mass is 10.2. The first-order chi connectivity index (χ1) is 9.03. The molecule has 0 aromatic carbocycles. The number of hydrogen-bond donors (Lipinski definition) is 1. The number of sulfonamides is 1. The maximum absolute atomic E-state index is 12.0. The molecule has 0 amide bonds. The molecular formula is C11H17ClN4O2S. The van der Waals surface area contributed by atoms with Crippen LogP contribution in [0.15, 0.2) is 17.3 Å². The molecule has 0 spiro atoms. The Morgan fingerprint density at radius 1 is 1.47 bits per heavy atom. The van der Waals surface area contributed by atoms with Crippen molar-refractivity contribution < 1.29 is 8.42 Å². The number of aromatic nitrogens is 2. The lowest BCUT2D eigenvalue weighted by Crippen LogP contribution is -2.40. The monoisotopic (exact) mass is 304 g/mol. The topological polar surface area (TPSA) is 75.2 Å². The second-order valence-corrected chi connectivity index (χ2v) is 6.57. The van der Waals surface area contributed by atoms with Crippen LogP contribution in [0.5, 0.6) is 0 Å². The Morgan fingerprint density at radius 3 is 2.79 bits per heavy atom. The molecule has 1 aromatic heterocycles. The summed E-state index contributed by atoms with van der Waals surface area (Å²) < 4.78 is 26.7. The van der Waals surface area contributed by atoms with Crippen LogP contribution in [0.2, 0.25) is 5.28 Å². The van der Waals surface area contributed by atoms with E-state index in [1.807, 2.05) is 0 Å². The molecule has 1 aromatic rings. The van der Waals surface area contributed by atoms with Crippen molar-refractivity contribution in [1.82, 2.24) is 19.6 Å². The number of nitrogens with one attached hydrogen (secondary N) is 1. The van der Waals surface area contributed by atoms with Crippen molar-refractivity contribution in [2.24, 2.45) is 0 Å². The lowest BCUT2D eigenvalue weighted by molar-refractivity contribution is 0.268. The zero-order valence-corrected chi connectivity index (χ0v) is 12.3. The summed E-state index contributed by atoms with van der Waals surface area (Å²) in [4.78, 5) is 9.68. The molecule has 2 heterocycles. The van der Waals surface area contributed by atoms with Gasteiger partial charge in [0, 0.05) is 12.6 Å². The van der Waals surface area contributed by atoms with Crippen LogP contribution in [0, 0.1) is 0 Å². The Bertz CT molecular complexity index is 520. The smallest absolute Gasteiger partial charge is 0.243 e. The molecule has 1 aliphatic heterocycles. The van der Waals surface area contributed by atoms with E-state index in [1.54, 1.807) is 0 Å². The minimum absolute atomic E-state index is 0.0342. The summed E-state index contributed by atoms with van der Waals surface area (Å²) in [7, 11) is -3.56. The number of rotatable bonds is 5. The molecule has 0 saturated carbocycles. The van der Waals surface area contributed by atoms with Gasteiger partial charge in [-0.1, -0.05) is 6.92 Å². The average Bonchev–Trinajstić information content (AvgIpc) is 2.84. The van der Waals surface area contributed by atoms with Crippen molar-refractivity contribution in [2.45, 2.75) is 30.7 Å². The normalized spacial score (nSPS) is 20.8. The molecule has 1 saturated heterocycles. The van der Waals surface area contributed by atoms with Crippen LogP contribution in [0.25, 0.3) is 0 Å². The van der Waals surface area contributed by atoms with E-state index in [0.29, 0.717) is 6.54 Å². The fraction of sp³-hybridized carbons (Fsp3) is 0.636. The summed E-state index contributed by atoms with van der Waals surface area (Å²) in [6, 6.07) is 0.271. The van der Waals surface area contributed by atoms with Gasteiger partial charge in [0.1, 0.15) is 4.90 Å². The molecule has 2 rings (SSSR count). The van der Waals surface area contributed by atoms with E-state index in [4.69, 9.17) is 11.6 Å². The summed E-state index contributed by atoms with van der Waals surface area (Å²) in [6.07, 6.45) is 4.56. The van der Waals surface area contributed by atoms with Crippen LogP contribution in [-0.4, -0.2) is 49.0 Å². The van der Waals surface area contributed by atoms with Gasteiger partial charge < -0.3 is 0 Å². The van der Waals surface area contributed by atoms with Crippen LogP contribution in [0.4, 0.5) is 0 Å². The third-order valence-electron chi connectivity index (χ3n) is 3.32. The molecule has 1 fully saturated rings. The van der Waals surface area contributed by atoms with Crippen molar-refractivity contribution >= 4 is 21.6 Å². The van der Waals surface area contributed by atoms with Crippen molar-refractivity contribution in [2.75, 3.05) is 19.6 Å². The molecule has 8 heteroatoms. The predicted molar refractivity (Wildman–Crippen MR) is 72.5 cm³/mol. The fourth-order valence-corrected chi connectivity index (χ4v) is 3.33. The van der Waals surface area contributed by atoms with Gasteiger partial charge in [-0.15, -0.1) is 0 Å². The molecular weight excluding hydrogens is 288 g/mol. The molecule has 106 valence electrons. The second-order valence-electron chi connectivity index (χ2n) is 4.46. The van der Waals surface area contributed by atoms with Gasteiger partial charge >= 0.3 is 0 Å².